The number of rotatable bonds is 3. The molecule has 1 aromatic carbocycles. The molecule has 1 aliphatic rings. The Bertz CT molecular complexity index is 447. The minimum atomic E-state index is -0.471. The van der Waals surface area contributed by atoms with Gasteiger partial charge in [-0.15, -0.1) is 0 Å². The molecular formula is C14H18FNO2. The van der Waals surface area contributed by atoms with Crippen LogP contribution in [-0.4, -0.2) is 43.0 Å². The predicted octanol–water partition coefficient (Wildman–Crippen LogP) is 2.04. The highest BCUT2D eigenvalue weighted by atomic mass is 19.1. The zero-order chi connectivity index (χ0) is 13.1. The zero-order valence-electron chi connectivity index (χ0n) is 10.8. The highest BCUT2D eigenvalue weighted by Crippen LogP contribution is 2.15. The van der Waals surface area contributed by atoms with Crippen LogP contribution in [0, 0.1) is 12.7 Å². The molecule has 0 amide bonds. The van der Waals surface area contributed by atoms with Gasteiger partial charge in [0.1, 0.15) is 11.9 Å². The molecule has 0 saturated carbocycles. The predicted molar refractivity (Wildman–Crippen MR) is 67.3 cm³/mol. The van der Waals surface area contributed by atoms with E-state index in [0.717, 1.165) is 13.1 Å². The zero-order valence-corrected chi connectivity index (χ0v) is 10.8. The van der Waals surface area contributed by atoms with Gasteiger partial charge in [-0.2, -0.15) is 0 Å². The van der Waals surface area contributed by atoms with Crippen molar-refractivity contribution >= 4 is 5.78 Å². The highest BCUT2D eigenvalue weighted by molar-refractivity contribution is 5.99. The van der Waals surface area contributed by atoms with Crippen LogP contribution in [0.15, 0.2) is 18.2 Å². The first-order chi connectivity index (χ1) is 8.61. The van der Waals surface area contributed by atoms with Gasteiger partial charge >= 0.3 is 0 Å². The van der Waals surface area contributed by atoms with Gasteiger partial charge in [-0.25, -0.2) is 4.39 Å². The van der Waals surface area contributed by atoms with E-state index in [9.17, 15) is 9.18 Å². The van der Waals surface area contributed by atoms with Gasteiger partial charge in [0.25, 0.3) is 0 Å². The van der Waals surface area contributed by atoms with Crippen molar-refractivity contribution in [1.29, 1.82) is 0 Å². The summed E-state index contributed by atoms with van der Waals surface area (Å²) in [6.07, 6.45) is -0.471. The van der Waals surface area contributed by atoms with Crippen LogP contribution in [0.4, 0.5) is 4.39 Å². The molecule has 1 atom stereocenters. The normalized spacial score (nSPS) is 20.9. The molecule has 1 saturated heterocycles. The van der Waals surface area contributed by atoms with Crippen LogP contribution in [0.3, 0.4) is 0 Å². The molecule has 18 heavy (non-hydrogen) atoms. The molecule has 1 unspecified atom stereocenters. The third kappa shape index (κ3) is 2.76. The van der Waals surface area contributed by atoms with E-state index in [0.29, 0.717) is 24.3 Å². The third-order valence-corrected chi connectivity index (χ3v) is 3.35. The van der Waals surface area contributed by atoms with Gasteiger partial charge in [0, 0.05) is 18.7 Å². The van der Waals surface area contributed by atoms with E-state index < -0.39 is 6.10 Å². The number of ether oxygens (including phenoxy) is 1. The molecule has 0 radical (unpaired) electrons. The van der Waals surface area contributed by atoms with Crippen molar-refractivity contribution in [1.82, 2.24) is 4.90 Å². The Morgan fingerprint density at radius 2 is 2.33 bits per heavy atom. The van der Waals surface area contributed by atoms with Crippen LogP contribution in [0.25, 0.3) is 0 Å². The summed E-state index contributed by atoms with van der Waals surface area (Å²) in [6.45, 7) is 6.62. The van der Waals surface area contributed by atoms with Crippen LogP contribution < -0.4 is 0 Å². The van der Waals surface area contributed by atoms with Crippen molar-refractivity contribution in [2.24, 2.45) is 0 Å². The molecule has 0 N–H and O–H groups in total. The van der Waals surface area contributed by atoms with Crippen molar-refractivity contribution in [2.45, 2.75) is 20.0 Å². The van der Waals surface area contributed by atoms with E-state index in [1.54, 1.807) is 19.1 Å². The van der Waals surface area contributed by atoms with E-state index in [1.807, 2.05) is 0 Å². The maximum atomic E-state index is 13.4. The molecule has 1 heterocycles. The number of halogens is 1. The third-order valence-electron chi connectivity index (χ3n) is 3.35. The quantitative estimate of drug-likeness (QED) is 0.770. The summed E-state index contributed by atoms with van der Waals surface area (Å²) in [5.74, 6) is -0.476. The Morgan fingerprint density at radius 3 is 3.00 bits per heavy atom. The fourth-order valence-electron chi connectivity index (χ4n) is 2.08. The van der Waals surface area contributed by atoms with Crippen LogP contribution in [-0.2, 0) is 4.74 Å². The lowest BCUT2D eigenvalue weighted by atomic mass is 10.0. The summed E-state index contributed by atoms with van der Waals surface area (Å²) < 4.78 is 18.9. The van der Waals surface area contributed by atoms with Gasteiger partial charge in [0.2, 0.25) is 0 Å². The Balaban J connectivity index is 2.12. The largest absolute Gasteiger partial charge is 0.367 e. The summed E-state index contributed by atoms with van der Waals surface area (Å²) >= 11 is 0. The average Bonchev–Trinajstić information content (AvgIpc) is 2.41. The number of hydrogen-bond donors (Lipinski definition) is 0. The van der Waals surface area contributed by atoms with E-state index >= 15 is 0 Å². The molecular weight excluding hydrogens is 233 g/mol. The van der Waals surface area contributed by atoms with Gasteiger partial charge in [-0.1, -0.05) is 19.1 Å². The Kier molecular flexibility index (Phi) is 4.09. The molecule has 4 heteroatoms. The van der Waals surface area contributed by atoms with Gasteiger partial charge in [0.05, 0.1) is 6.61 Å². The molecule has 1 aliphatic heterocycles. The SMILES string of the molecule is CCN1CCOC(C(=O)c2ccc(C)c(F)c2)C1. The Hall–Kier alpha value is -1.26. The second-order valence-corrected chi connectivity index (χ2v) is 4.58. The smallest absolute Gasteiger partial charge is 0.192 e. The molecule has 1 fully saturated rings. The standard InChI is InChI=1S/C14H18FNO2/c1-3-16-6-7-18-13(9-16)14(17)11-5-4-10(2)12(15)8-11/h4-5,8,13H,3,6-7,9H2,1-2H3. The Labute approximate surface area is 107 Å². The fourth-order valence-corrected chi connectivity index (χ4v) is 2.08. The number of morpholine rings is 1. The number of carbonyl (C=O) groups excluding carboxylic acids is 1. The molecule has 0 spiro atoms. The number of nitrogens with zero attached hydrogens (tertiary/aromatic N) is 1. The van der Waals surface area contributed by atoms with E-state index in [-0.39, 0.29) is 11.6 Å². The topological polar surface area (TPSA) is 29.5 Å². The van der Waals surface area contributed by atoms with Gasteiger partial charge in [-0.05, 0) is 25.1 Å². The second-order valence-electron chi connectivity index (χ2n) is 4.58. The number of carbonyl (C=O) groups is 1. The molecule has 0 aliphatic carbocycles. The number of aryl methyl sites for hydroxylation is 1. The molecule has 0 aromatic heterocycles. The van der Waals surface area contributed by atoms with E-state index in [1.165, 1.54) is 6.07 Å². The summed E-state index contributed by atoms with van der Waals surface area (Å²) in [6, 6.07) is 4.59. The van der Waals surface area contributed by atoms with Crippen LogP contribution >= 0.6 is 0 Å². The average molecular weight is 251 g/mol. The van der Waals surface area contributed by atoms with E-state index in [2.05, 4.69) is 11.8 Å². The van der Waals surface area contributed by atoms with Crippen molar-refractivity contribution in [3.05, 3.63) is 35.1 Å². The maximum absolute atomic E-state index is 13.4. The number of benzene rings is 1. The molecule has 98 valence electrons. The number of hydrogen-bond acceptors (Lipinski definition) is 3. The second kappa shape index (κ2) is 5.59. The van der Waals surface area contributed by atoms with E-state index in [4.69, 9.17) is 4.74 Å². The first kappa shape index (κ1) is 13.2. The lowest BCUT2D eigenvalue weighted by Crippen LogP contribution is -2.45. The summed E-state index contributed by atoms with van der Waals surface area (Å²) in [7, 11) is 0. The number of likely N-dealkylation sites (N-methyl/N-ethyl adjacent to an activating group) is 1. The molecule has 3 nitrogen and oxygen atoms in total. The maximum Gasteiger partial charge on any atom is 0.192 e. The minimum absolute atomic E-state index is 0.132. The lowest BCUT2D eigenvalue weighted by Gasteiger charge is -2.31. The number of Topliss-reactive ketones (excluding diaryl/α,β-unsaturated/α-hetero) is 1. The highest BCUT2D eigenvalue weighted by Gasteiger charge is 2.27. The fraction of sp³-hybridized carbons (Fsp3) is 0.500. The molecule has 0 bridgehead atoms. The summed E-state index contributed by atoms with van der Waals surface area (Å²) in [4.78, 5) is 14.4. The van der Waals surface area contributed by atoms with Crippen LogP contribution in [0.5, 0.6) is 0 Å². The minimum Gasteiger partial charge on any atom is -0.367 e. The van der Waals surface area contributed by atoms with Gasteiger partial charge in [0.15, 0.2) is 5.78 Å². The van der Waals surface area contributed by atoms with Gasteiger partial charge < -0.3 is 4.74 Å². The Morgan fingerprint density at radius 1 is 1.56 bits per heavy atom. The first-order valence-electron chi connectivity index (χ1n) is 6.26. The summed E-state index contributed by atoms with van der Waals surface area (Å²) in [5, 5.41) is 0. The monoisotopic (exact) mass is 251 g/mol. The molecule has 1 aromatic rings. The van der Waals surface area contributed by atoms with Crippen molar-refractivity contribution in [3.63, 3.8) is 0 Å². The molecule has 2 rings (SSSR count). The first-order valence-corrected chi connectivity index (χ1v) is 6.26. The lowest BCUT2D eigenvalue weighted by molar-refractivity contribution is -0.0148. The van der Waals surface area contributed by atoms with Crippen LogP contribution in [0.1, 0.15) is 22.8 Å². The summed E-state index contributed by atoms with van der Waals surface area (Å²) in [5.41, 5.74) is 0.937. The van der Waals surface area contributed by atoms with Crippen molar-refractivity contribution in [3.8, 4) is 0 Å². The van der Waals surface area contributed by atoms with Gasteiger partial charge in [-0.3, -0.25) is 9.69 Å². The number of ketones is 1. The van der Waals surface area contributed by atoms with Crippen molar-refractivity contribution in [2.75, 3.05) is 26.2 Å². The van der Waals surface area contributed by atoms with Crippen molar-refractivity contribution < 1.29 is 13.9 Å². The van der Waals surface area contributed by atoms with Crippen LogP contribution in [0.2, 0.25) is 0 Å².